The van der Waals surface area contributed by atoms with Gasteiger partial charge in [0.2, 0.25) is 5.78 Å². The number of aryl methyl sites for hydroxylation is 1. The van der Waals surface area contributed by atoms with E-state index < -0.39 is 11.7 Å². The molecule has 0 aliphatic carbocycles. The molecule has 1 aromatic rings. The molecule has 0 aromatic heterocycles. The summed E-state index contributed by atoms with van der Waals surface area (Å²) in [4.78, 5) is 21.8. The van der Waals surface area contributed by atoms with Gasteiger partial charge in [-0.15, -0.1) is 0 Å². The van der Waals surface area contributed by atoms with Crippen LogP contribution in [0.1, 0.15) is 12.5 Å². The molecule has 1 aromatic carbocycles. The summed E-state index contributed by atoms with van der Waals surface area (Å²) in [6.07, 6.45) is 0. The highest BCUT2D eigenvalue weighted by atomic mass is 79.9. The fourth-order valence-corrected chi connectivity index (χ4v) is 1.45. The van der Waals surface area contributed by atoms with E-state index in [9.17, 15) is 9.59 Å². The van der Waals surface area contributed by atoms with Crippen molar-refractivity contribution >= 4 is 33.3 Å². The van der Waals surface area contributed by atoms with Crippen LogP contribution in [0.5, 0.6) is 0 Å². The van der Waals surface area contributed by atoms with Crippen LogP contribution in [0.15, 0.2) is 22.7 Å². The van der Waals surface area contributed by atoms with Gasteiger partial charge in [0.15, 0.2) is 0 Å². The zero-order valence-corrected chi connectivity index (χ0v) is 9.51. The van der Waals surface area contributed by atoms with Gasteiger partial charge in [0.25, 0.3) is 5.91 Å². The average molecular weight is 256 g/mol. The Morgan fingerprint density at radius 1 is 1.36 bits per heavy atom. The Labute approximate surface area is 90.6 Å². The standard InChI is InChI=1S/C10H10BrNO2/c1-6-5-8(11)3-4-9(6)12-10(14)7(2)13/h3-5H,1-2H3,(H,12,14). The molecule has 0 heterocycles. The summed E-state index contributed by atoms with van der Waals surface area (Å²) in [5.41, 5.74) is 1.57. The molecular weight excluding hydrogens is 246 g/mol. The molecule has 1 N–H and O–H groups in total. The van der Waals surface area contributed by atoms with Crippen LogP contribution in [0.2, 0.25) is 0 Å². The van der Waals surface area contributed by atoms with E-state index in [-0.39, 0.29) is 0 Å². The molecule has 0 aliphatic rings. The quantitative estimate of drug-likeness (QED) is 0.825. The molecule has 14 heavy (non-hydrogen) atoms. The number of amides is 1. The largest absolute Gasteiger partial charge is 0.319 e. The van der Waals surface area contributed by atoms with Crippen LogP contribution in [0, 0.1) is 6.92 Å². The number of halogens is 1. The van der Waals surface area contributed by atoms with Gasteiger partial charge in [-0.1, -0.05) is 15.9 Å². The first-order chi connectivity index (χ1) is 6.50. The molecule has 0 saturated carbocycles. The first kappa shape index (κ1) is 10.9. The minimum Gasteiger partial charge on any atom is -0.319 e. The maximum atomic E-state index is 11.1. The van der Waals surface area contributed by atoms with Gasteiger partial charge in [-0.2, -0.15) is 0 Å². The highest BCUT2D eigenvalue weighted by molar-refractivity contribution is 9.10. The summed E-state index contributed by atoms with van der Waals surface area (Å²) in [6, 6.07) is 5.43. The van der Waals surface area contributed by atoms with Gasteiger partial charge in [-0.3, -0.25) is 9.59 Å². The van der Waals surface area contributed by atoms with Gasteiger partial charge >= 0.3 is 0 Å². The lowest BCUT2D eigenvalue weighted by Gasteiger charge is -2.06. The zero-order valence-electron chi connectivity index (χ0n) is 7.93. The van der Waals surface area contributed by atoms with Crippen molar-refractivity contribution in [1.82, 2.24) is 0 Å². The van der Waals surface area contributed by atoms with E-state index in [1.165, 1.54) is 6.92 Å². The van der Waals surface area contributed by atoms with Crippen LogP contribution >= 0.6 is 15.9 Å². The van der Waals surface area contributed by atoms with E-state index in [2.05, 4.69) is 21.2 Å². The fraction of sp³-hybridized carbons (Fsp3) is 0.200. The summed E-state index contributed by atoms with van der Waals surface area (Å²) in [5, 5.41) is 2.53. The van der Waals surface area contributed by atoms with E-state index in [1.807, 2.05) is 19.1 Å². The second kappa shape index (κ2) is 4.37. The van der Waals surface area contributed by atoms with Crippen molar-refractivity contribution in [3.8, 4) is 0 Å². The van der Waals surface area contributed by atoms with Crippen molar-refractivity contribution in [3.63, 3.8) is 0 Å². The van der Waals surface area contributed by atoms with Crippen molar-refractivity contribution in [2.75, 3.05) is 5.32 Å². The maximum Gasteiger partial charge on any atom is 0.291 e. The van der Waals surface area contributed by atoms with E-state index in [0.717, 1.165) is 10.0 Å². The van der Waals surface area contributed by atoms with Crippen LogP contribution in [-0.2, 0) is 9.59 Å². The maximum absolute atomic E-state index is 11.1. The Hall–Kier alpha value is -1.16. The number of hydrogen-bond donors (Lipinski definition) is 1. The van der Waals surface area contributed by atoms with E-state index in [4.69, 9.17) is 0 Å². The molecule has 1 rings (SSSR count). The normalized spacial score (nSPS) is 9.64. The SMILES string of the molecule is CC(=O)C(=O)Nc1ccc(Br)cc1C. The monoisotopic (exact) mass is 255 g/mol. The van der Waals surface area contributed by atoms with Crippen LogP contribution in [0.4, 0.5) is 5.69 Å². The Kier molecular flexibility index (Phi) is 3.41. The van der Waals surface area contributed by atoms with Crippen molar-refractivity contribution < 1.29 is 9.59 Å². The number of nitrogens with one attached hydrogen (secondary N) is 1. The first-order valence-corrected chi connectivity index (χ1v) is 4.88. The van der Waals surface area contributed by atoms with Crippen molar-refractivity contribution in [3.05, 3.63) is 28.2 Å². The van der Waals surface area contributed by atoms with Gasteiger partial charge in [-0.25, -0.2) is 0 Å². The first-order valence-electron chi connectivity index (χ1n) is 4.09. The lowest BCUT2D eigenvalue weighted by Crippen LogP contribution is -2.20. The molecule has 0 spiro atoms. The highest BCUT2D eigenvalue weighted by Gasteiger charge is 2.08. The summed E-state index contributed by atoms with van der Waals surface area (Å²) in [6.45, 7) is 3.10. The molecule has 0 fully saturated rings. The lowest BCUT2D eigenvalue weighted by molar-refractivity contribution is -0.133. The molecular formula is C10H10BrNO2. The predicted molar refractivity (Wildman–Crippen MR) is 58.2 cm³/mol. The van der Waals surface area contributed by atoms with Gasteiger partial charge in [-0.05, 0) is 30.7 Å². The topological polar surface area (TPSA) is 46.2 Å². The molecule has 0 unspecified atom stereocenters. The summed E-state index contributed by atoms with van der Waals surface area (Å²) in [7, 11) is 0. The van der Waals surface area contributed by atoms with E-state index >= 15 is 0 Å². The van der Waals surface area contributed by atoms with Crippen molar-refractivity contribution in [1.29, 1.82) is 0 Å². The Balaban J connectivity index is 2.87. The van der Waals surface area contributed by atoms with Crippen LogP contribution in [-0.4, -0.2) is 11.7 Å². The summed E-state index contributed by atoms with van der Waals surface area (Å²) >= 11 is 3.31. The Morgan fingerprint density at radius 3 is 2.50 bits per heavy atom. The van der Waals surface area contributed by atoms with Gasteiger partial charge in [0.1, 0.15) is 0 Å². The molecule has 1 amide bonds. The van der Waals surface area contributed by atoms with Gasteiger partial charge in [0, 0.05) is 17.1 Å². The second-order valence-corrected chi connectivity index (χ2v) is 3.89. The van der Waals surface area contributed by atoms with Gasteiger partial charge in [0.05, 0.1) is 0 Å². The molecule has 0 atom stereocenters. The number of hydrogen-bond acceptors (Lipinski definition) is 2. The fourth-order valence-electron chi connectivity index (χ4n) is 0.978. The third kappa shape index (κ3) is 2.67. The highest BCUT2D eigenvalue weighted by Crippen LogP contribution is 2.19. The summed E-state index contributed by atoms with van der Waals surface area (Å²) in [5.74, 6) is -1.08. The van der Waals surface area contributed by atoms with E-state index in [0.29, 0.717) is 5.69 Å². The lowest BCUT2D eigenvalue weighted by atomic mass is 10.2. The zero-order chi connectivity index (χ0) is 10.7. The number of ketones is 1. The number of carbonyl (C=O) groups excluding carboxylic acids is 2. The predicted octanol–water partition coefficient (Wildman–Crippen LogP) is 2.29. The van der Waals surface area contributed by atoms with E-state index in [1.54, 1.807) is 6.07 Å². The molecule has 74 valence electrons. The third-order valence-electron chi connectivity index (χ3n) is 1.76. The number of rotatable bonds is 2. The number of carbonyl (C=O) groups is 2. The molecule has 0 aliphatic heterocycles. The third-order valence-corrected chi connectivity index (χ3v) is 2.25. The average Bonchev–Trinajstić information content (AvgIpc) is 2.09. The van der Waals surface area contributed by atoms with Crippen LogP contribution in [0.25, 0.3) is 0 Å². The number of benzene rings is 1. The summed E-state index contributed by atoms with van der Waals surface area (Å²) < 4.78 is 0.941. The second-order valence-electron chi connectivity index (χ2n) is 2.97. The number of anilines is 1. The van der Waals surface area contributed by atoms with Crippen LogP contribution < -0.4 is 5.32 Å². The molecule has 0 bridgehead atoms. The van der Waals surface area contributed by atoms with Crippen LogP contribution in [0.3, 0.4) is 0 Å². The Bertz CT molecular complexity index is 388. The molecule has 0 saturated heterocycles. The molecule has 0 radical (unpaired) electrons. The smallest absolute Gasteiger partial charge is 0.291 e. The minimum absolute atomic E-state index is 0.493. The van der Waals surface area contributed by atoms with Crippen molar-refractivity contribution in [2.45, 2.75) is 13.8 Å². The van der Waals surface area contributed by atoms with Crippen molar-refractivity contribution in [2.24, 2.45) is 0 Å². The minimum atomic E-state index is -0.588. The molecule has 3 nitrogen and oxygen atoms in total. The van der Waals surface area contributed by atoms with Gasteiger partial charge < -0.3 is 5.32 Å². The number of Topliss-reactive ketones (excluding diaryl/α,β-unsaturated/α-hetero) is 1. The Morgan fingerprint density at radius 2 is 2.00 bits per heavy atom. The molecule has 4 heteroatoms.